The van der Waals surface area contributed by atoms with Crippen molar-refractivity contribution in [2.75, 3.05) is 0 Å². The van der Waals surface area contributed by atoms with E-state index in [4.69, 9.17) is 11.6 Å². The van der Waals surface area contributed by atoms with Crippen molar-refractivity contribution in [3.8, 4) is 5.75 Å². The molecule has 0 heterocycles. The van der Waals surface area contributed by atoms with Crippen LogP contribution in [0.2, 0.25) is 5.02 Å². The predicted octanol–water partition coefficient (Wildman–Crippen LogP) is 3.37. The van der Waals surface area contributed by atoms with Gasteiger partial charge in [0.15, 0.2) is 0 Å². The van der Waals surface area contributed by atoms with Gasteiger partial charge in [0.05, 0.1) is 28.6 Å². The SMILES string of the molecule is O=C(C[C@H](NC(=O)c1ccccc1Cl)c1ccccc1)NNC(=O)c1ccccc1O. The number of benzene rings is 3. The number of phenols is 1. The number of carbonyl (C=O) groups is 3. The lowest BCUT2D eigenvalue weighted by atomic mass is 10.0. The summed E-state index contributed by atoms with van der Waals surface area (Å²) in [5, 5.41) is 12.8. The molecule has 0 unspecified atom stereocenters. The van der Waals surface area contributed by atoms with Crippen LogP contribution in [-0.4, -0.2) is 22.8 Å². The number of para-hydroxylation sites is 1. The molecule has 0 bridgehead atoms. The number of nitrogens with one attached hydrogen (secondary N) is 3. The van der Waals surface area contributed by atoms with E-state index in [1.54, 1.807) is 60.7 Å². The minimum absolute atomic E-state index is 0.0226. The normalized spacial score (nSPS) is 11.3. The van der Waals surface area contributed by atoms with Crippen molar-refractivity contribution >= 4 is 29.3 Å². The van der Waals surface area contributed by atoms with Crippen LogP contribution in [0.4, 0.5) is 0 Å². The molecule has 31 heavy (non-hydrogen) atoms. The molecule has 4 N–H and O–H groups in total. The van der Waals surface area contributed by atoms with Crippen molar-refractivity contribution < 1.29 is 19.5 Å². The quantitative estimate of drug-likeness (QED) is 0.443. The number of rotatable bonds is 6. The highest BCUT2D eigenvalue weighted by Gasteiger charge is 2.21. The average Bonchev–Trinajstić information content (AvgIpc) is 2.78. The minimum atomic E-state index is -0.664. The number of hydrazine groups is 1. The zero-order chi connectivity index (χ0) is 22.2. The molecular weight excluding hydrogens is 418 g/mol. The number of hydrogen-bond acceptors (Lipinski definition) is 4. The Morgan fingerprint density at radius 2 is 1.39 bits per heavy atom. The second kappa shape index (κ2) is 10.3. The Morgan fingerprint density at radius 1 is 0.774 bits per heavy atom. The van der Waals surface area contributed by atoms with E-state index in [1.807, 2.05) is 6.07 Å². The molecule has 0 aromatic heterocycles. The predicted molar refractivity (Wildman–Crippen MR) is 116 cm³/mol. The molecule has 0 fully saturated rings. The van der Waals surface area contributed by atoms with Gasteiger partial charge in [0.1, 0.15) is 5.75 Å². The summed E-state index contributed by atoms with van der Waals surface area (Å²) in [6.07, 6.45) is -0.138. The van der Waals surface area contributed by atoms with Gasteiger partial charge >= 0.3 is 0 Å². The van der Waals surface area contributed by atoms with Crippen molar-refractivity contribution in [1.82, 2.24) is 16.2 Å². The molecule has 0 spiro atoms. The van der Waals surface area contributed by atoms with Crippen LogP contribution in [0.25, 0.3) is 0 Å². The van der Waals surface area contributed by atoms with Gasteiger partial charge in [0.2, 0.25) is 5.91 Å². The Labute approximate surface area is 184 Å². The summed E-state index contributed by atoms with van der Waals surface area (Å²) in [5.74, 6) is -1.83. The molecule has 1 atom stereocenters. The van der Waals surface area contributed by atoms with E-state index in [1.165, 1.54) is 12.1 Å². The van der Waals surface area contributed by atoms with Gasteiger partial charge in [-0.25, -0.2) is 0 Å². The Balaban J connectivity index is 1.68. The fraction of sp³-hybridized carbons (Fsp3) is 0.0870. The van der Waals surface area contributed by atoms with Gasteiger partial charge in [-0.2, -0.15) is 0 Å². The lowest BCUT2D eigenvalue weighted by molar-refractivity contribution is -0.122. The van der Waals surface area contributed by atoms with Gasteiger partial charge in [0.25, 0.3) is 11.8 Å². The lowest BCUT2D eigenvalue weighted by Gasteiger charge is -2.19. The molecular formula is C23H20ClN3O4. The molecule has 3 aromatic rings. The molecule has 0 saturated carbocycles. The van der Waals surface area contributed by atoms with Crippen LogP contribution < -0.4 is 16.2 Å². The molecule has 3 aromatic carbocycles. The van der Waals surface area contributed by atoms with Crippen molar-refractivity contribution in [2.24, 2.45) is 0 Å². The van der Waals surface area contributed by atoms with E-state index in [9.17, 15) is 19.5 Å². The van der Waals surface area contributed by atoms with Crippen molar-refractivity contribution in [3.05, 3.63) is 101 Å². The summed E-state index contributed by atoms with van der Waals surface area (Å²) in [6, 6.07) is 20.9. The van der Waals surface area contributed by atoms with Gasteiger partial charge in [-0.3, -0.25) is 25.2 Å². The van der Waals surface area contributed by atoms with E-state index in [-0.39, 0.29) is 17.7 Å². The number of halogens is 1. The van der Waals surface area contributed by atoms with E-state index in [2.05, 4.69) is 16.2 Å². The molecule has 0 aliphatic rings. The van der Waals surface area contributed by atoms with Gasteiger partial charge in [-0.05, 0) is 29.8 Å². The van der Waals surface area contributed by atoms with Crippen LogP contribution in [0.15, 0.2) is 78.9 Å². The molecule has 7 nitrogen and oxygen atoms in total. The number of carbonyl (C=O) groups excluding carboxylic acids is 3. The molecule has 0 radical (unpaired) electrons. The van der Waals surface area contributed by atoms with E-state index < -0.39 is 23.8 Å². The van der Waals surface area contributed by atoms with Crippen molar-refractivity contribution in [3.63, 3.8) is 0 Å². The third-order valence-corrected chi connectivity index (χ3v) is 4.81. The summed E-state index contributed by atoms with van der Waals surface area (Å²) in [5.41, 5.74) is 5.59. The van der Waals surface area contributed by atoms with Crippen LogP contribution >= 0.6 is 11.6 Å². The maximum Gasteiger partial charge on any atom is 0.273 e. The smallest absolute Gasteiger partial charge is 0.273 e. The maximum absolute atomic E-state index is 12.7. The zero-order valence-corrected chi connectivity index (χ0v) is 17.1. The Bertz CT molecular complexity index is 1090. The monoisotopic (exact) mass is 437 g/mol. The summed E-state index contributed by atoms with van der Waals surface area (Å²) >= 11 is 6.10. The fourth-order valence-corrected chi connectivity index (χ4v) is 3.14. The van der Waals surface area contributed by atoms with Crippen LogP contribution in [0.3, 0.4) is 0 Å². The molecule has 8 heteroatoms. The molecule has 3 amide bonds. The molecule has 0 aliphatic carbocycles. The topological polar surface area (TPSA) is 108 Å². The van der Waals surface area contributed by atoms with Crippen LogP contribution in [-0.2, 0) is 4.79 Å². The van der Waals surface area contributed by atoms with Crippen LogP contribution in [0, 0.1) is 0 Å². The number of phenolic OH excluding ortho intramolecular Hbond substituents is 1. The number of aromatic hydroxyl groups is 1. The maximum atomic E-state index is 12.7. The molecule has 3 rings (SSSR count). The first-order chi connectivity index (χ1) is 15.0. The first-order valence-electron chi connectivity index (χ1n) is 9.43. The van der Waals surface area contributed by atoms with E-state index in [0.29, 0.717) is 16.1 Å². The summed E-state index contributed by atoms with van der Waals surface area (Å²) < 4.78 is 0. The Kier molecular flexibility index (Phi) is 7.24. The number of hydrogen-bond donors (Lipinski definition) is 4. The summed E-state index contributed by atoms with van der Waals surface area (Å²) in [6.45, 7) is 0. The second-order valence-electron chi connectivity index (χ2n) is 6.64. The highest BCUT2D eigenvalue weighted by Crippen LogP contribution is 2.20. The zero-order valence-electron chi connectivity index (χ0n) is 16.3. The molecule has 0 saturated heterocycles. The molecule has 158 valence electrons. The van der Waals surface area contributed by atoms with Gasteiger partial charge in [-0.15, -0.1) is 0 Å². The summed E-state index contributed by atoms with van der Waals surface area (Å²) in [4.78, 5) is 37.3. The Hall–Kier alpha value is -3.84. The minimum Gasteiger partial charge on any atom is -0.507 e. The number of amides is 3. The standard InChI is InChI=1S/C23H20ClN3O4/c24-18-12-6-4-10-16(18)22(30)25-19(15-8-2-1-3-9-15)14-21(29)26-27-23(31)17-11-5-7-13-20(17)28/h1-13,19,28H,14H2,(H,25,30)(H,26,29)(H,27,31)/t19-/m0/s1. The van der Waals surface area contributed by atoms with Gasteiger partial charge in [-0.1, -0.05) is 66.2 Å². The average molecular weight is 438 g/mol. The van der Waals surface area contributed by atoms with Crippen LogP contribution in [0.5, 0.6) is 5.75 Å². The largest absolute Gasteiger partial charge is 0.507 e. The lowest BCUT2D eigenvalue weighted by Crippen LogP contribution is -2.43. The van der Waals surface area contributed by atoms with E-state index >= 15 is 0 Å². The van der Waals surface area contributed by atoms with Gasteiger partial charge in [0, 0.05) is 0 Å². The third kappa shape index (κ3) is 5.83. The van der Waals surface area contributed by atoms with Crippen LogP contribution in [0.1, 0.15) is 38.7 Å². The second-order valence-corrected chi connectivity index (χ2v) is 7.05. The highest BCUT2D eigenvalue weighted by molar-refractivity contribution is 6.33. The first-order valence-corrected chi connectivity index (χ1v) is 9.81. The summed E-state index contributed by atoms with van der Waals surface area (Å²) in [7, 11) is 0. The molecule has 0 aliphatic heterocycles. The third-order valence-electron chi connectivity index (χ3n) is 4.48. The van der Waals surface area contributed by atoms with Gasteiger partial charge < -0.3 is 10.4 Å². The fourth-order valence-electron chi connectivity index (χ4n) is 2.91. The van der Waals surface area contributed by atoms with Crippen molar-refractivity contribution in [2.45, 2.75) is 12.5 Å². The highest BCUT2D eigenvalue weighted by atomic mass is 35.5. The van der Waals surface area contributed by atoms with E-state index in [0.717, 1.165) is 0 Å². The first kappa shape index (κ1) is 21.9. The Morgan fingerprint density at radius 3 is 2.06 bits per heavy atom. The van der Waals surface area contributed by atoms with Crippen molar-refractivity contribution in [1.29, 1.82) is 0 Å².